The average Bonchev–Trinajstić information content (AvgIpc) is 2.80. The van der Waals surface area contributed by atoms with Gasteiger partial charge in [0.1, 0.15) is 11.9 Å². The van der Waals surface area contributed by atoms with Crippen LogP contribution in [0.5, 0.6) is 5.75 Å². The van der Waals surface area contributed by atoms with Crippen LogP contribution in [-0.2, 0) is 0 Å². The lowest BCUT2D eigenvalue weighted by atomic mass is 10.1. The highest BCUT2D eigenvalue weighted by Gasteiger charge is 2.21. The minimum absolute atomic E-state index is 0.0494. The molecule has 0 amide bonds. The summed E-state index contributed by atoms with van der Waals surface area (Å²) in [6.45, 7) is 1.87. The van der Waals surface area contributed by atoms with Gasteiger partial charge in [0.25, 0.3) is 0 Å². The van der Waals surface area contributed by atoms with Crippen LogP contribution < -0.4 is 10.5 Å². The molecule has 0 fully saturated rings. The number of aromatic nitrogens is 2. The monoisotopic (exact) mass is 262 g/mol. The van der Waals surface area contributed by atoms with Crippen LogP contribution in [0.1, 0.15) is 18.5 Å². The quantitative estimate of drug-likeness (QED) is 0.671. The summed E-state index contributed by atoms with van der Waals surface area (Å²) in [7, 11) is 1.59. The third-order valence-corrected chi connectivity index (χ3v) is 2.98. The number of ether oxygens (including phenoxy) is 1. The molecule has 7 nitrogen and oxygen atoms in total. The van der Waals surface area contributed by atoms with E-state index >= 15 is 0 Å². The Bertz CT molecular complexity index is 592. The van der Waals surface area contributed by atoms with Crippen LogP contribution in [0.2, 0.25) is 0 Å². The average molecular weight is 262 g/mol. The maximum atomic E-state index is 10.7. The number of nitro groups is 1. The zero-order chi connectivity index (χ0) is 14.0. The molecule has 1 atom stereocenters. The maximum absolute atomic E-state index is 10.7. The first-order chi connectivity index (χ1) is 9.04. The number of hydrogen-bond acceptors (Lipinski definition) is 5. The van der Waals surface area contributed by atoms with E-state index in [1.54, 1.807) is 7.11 Å². The van der Waals surface area contributed by atoms with Crippen LogP contribution in [0.15, 0.2) is 30.5 Å². The number of nitrogens with zero attached hydrogens (tertiary/aromatic N) is 3. The molecule has 7 heteroatoms. The van der Waals surface area contributed by atoms with E-state index in [2.05, 4.69) is 5.10 Å². The van der Waals surface area contributed by atoms with E-state index in [0.717, 1.165) is 17.5 Å². The van der Waals surface area contributed by atoms with Gasteiger partial charge in [-0.25, -0.2) is 4.68 Å². The smallest absolute Gasteiger partial charge is 0.330 e. The first-order valence-corrected chi connectivity index (χ1v) is 5.66. The van der Waals surface area contributed by atoms with Gasteiger partial charge in [0.05, 0.1) is 18.1 Å². The predicted octanol–water partition coefficient (Wildman–Crippen LogP) is 1.99. The van der Waals surface area contributed by atoms with Crippen molar-refractivity contribution < 1.29 is 9.66 Å². The molecule has 1 aromatic heterocycles. The van der Waals surface area contributed by atoms with E-state index in [9.17, 15) is 10.1 Å². The molecule has 0 aliphatic rings. The van der Waals surface area contributed by atoms with Gasteiger partial charge in [-0.05, 0) is 24.6 Å². The van der Waals surface area contributed by atoms with Gasteiger partial charge in [-0.15, -0.1) is 0 Å². The van der Waals surface area contributed by atoms with E-state index in [1.165, 1.54) is 4.68 Å². The molecule has 2 N–H and O–H groups in total. The van der Waals surface area contributed by atoms with E-state index < -0.39 is 4.92 Å². The zero-order valence-corrected chi connectivity index (χ0v) is 10.6. The lowest BCUT2D eigenvalue weighted by Gasteiger charge is -2.14. The normalized spacial score (nSPS) is 12.1. The van der Waals surface area contributed by atoms with Crippen molar-refractivity contribution in [2.75, 3.05) is 12.8 Å². The Balaban J connectivity index is 2.32. The van der Waals surface area contributed by atoms with Crippen LogP contribution in [-0.4, -0.2) is 21.8 Å². The number of rotatable bonds is 4. The Morgan fingerprint density at radius 1 is 1.42 bits per heavy atom. The van der Waals surface area contributed by atoms with Crippen molar-refractivity contribution in [3.05, 3.63) is 46.1 Å². The fourth-order valence-electron chi connectivity index (χ4n) is 1.84. The minimum atomic E-state index is -0.542. The van der Waals surface area contributed by atoms with Crippen LogP contribution >= 0.6 is 0 Å². The van der Waals surface area contributed by atoms with Gasteiger partial charge >= 0.3 is 5.69 Å². The molecule has 0 bridgehead atoms. The molecule has 0 spiro atoms. The van der Waals surface area contributed by atoms with Gasteiger partial charge < -0.3 is 10.5 Å². The lowest BCUT2D eigenvalue weighted by Crippen LogP contribution is -2.11. The summed E-state index contributed by atoms with van der Waals surface area (Å²) in [5.41, 5.74) is 6.49. The molecule has 0 saturated heterocycles. The number of nitrogens with two attached hydrogens (primary N) is 1. The van der Waals surface area contributed by atoms with Gasteiger partial charge in [-0.3, -0.25) is 10.1 Å². The van der Waals surface area contributed by atoms with Crippen LogP contribution in [0.3, 0.4) is 0 Å². The molecule has 0 aliphatic heterocycles. The molecule has 0 saturated carbocycles. The van der Waals surface area contributed by atoms with Gasteiger partial charge in [-0.1, -0.05) is 12.1 Å². The molecule has 2 aromatic rings. The molecular formula is C12H14N4O3. The lowest BCUT2D eigenvalue weighted by molar-refractivity contribution is -0.384. The number of nitrogen functional groups attached to an aromatic ring is 1. The van der Waals surface area contributed by atoms with E-state index in [0.29, 0.717) is 0 Å². The molecule has 0 radical (unpaired) electrons. The van der Waals surface area contributed by atoms with E-state index in [4.69, 9.17) is 10.5 Å². The van der Waals surface area contributed by atoms with Crippen molar-refractivity contribution in [1.29, 1.82) is 0 Å². The second kappa shape index (κ2) is 4.97. The summed E-state index contributed by atoms with van der Waals surface area (Å²) in [5.74, 6) is 0.795. The summed E-state index contributed by atoms with van der Waals surface area (Å²) < 4.78 is 6.51. The minimum Gasteiger partial charge on any atom is -0.497 e. The van der Waals surface area contributed by atoms with Crippen molar-refractivity contribution in [2.45, 2.75) is 13.0 Å². The first-order valence-electron chi connectivity index (χ1n) is 5.66. The number of hydrogen-bond donors (Lipinski definition) is 1. The van der Waals surface area contributed by atoms with Crippen molar-refractivity contribution in [3.8, 4) is 5.75 Å². The summed E-state index contributed by atoms with van der Waals surface area (Å²) in [4.78, 5) is 10.2. The van der Waals surface area contributed by atoms with Crippen molar-refractivity contribution in [3.63, 3.8) is 0 Å². The topological polar surface area (TPSA) is 96.2 Å². The molecule has 100 valence electrons. The Hall–Kier alpha value is -2.57. The summed E-state index contributed by atoms with van der Waals surface area (Å²) in [6.07, 6.45) is 1.16. The number of anilines is 1. The molecule has 1 heterocycles. The van der Waals surface area contributed by atoms with Crippen LogP contribution in [0.4, 0.5) is 11.5 Å². The van der Waals surface area contributed by atoms with Crippen LogP contribution in [0, 0.1) is 10.1 Å². The molecule has 1 aromatic carbocycles. The summed E-state index contributed by atoms with van der Waals surface area (Å²) >= 11 is 0. The van der Waals surface area contributed by atoms with Crippen molar-refractivity contribution >= 4 is 11.5 Å². The highest BCUT2D eigenvalue weighted by molar-refractivity contribution is 5.52. The second-order valence-electron chi connectivity index (χ2n) is 4.07. The third-order valence-electron chi connectivity index (χ3n) is 2.98. The highest BCUT2D eigenvalue weighted by Crippen LogP contribution is 2.27. The molecule has 19 heavy (non-hydrogen) atoms. The molecule has 0 aliphatic carbocycles. The second-order valence-corrected chi connectivity index (χ2v) is 4.07. The van der Waals surface area contributed by atoms with Crippen molar-refractivity contribution in [2.24, 2.45) is 0 Å². The largest absolute Gasteiger partial charge is 0.497 e. The standard InChI is InChI=1S/C12H14N4O3/c1-8(9-3-5-10(19-2)6-4-9)15-12(13)11(7-14-15)16(17)18/h3-8H,13H2,1-2H3. The molecule has 1 unspecified atom stereocenters. The zero-order valence-electron chi connectivity index (χ0n) is 10.6. The predicted molar refractivity (Wildman–Crippen MR) is 70.1 cm³/mol. The fourth-order valence-corrected chi connectivity index (χ4v) is 1.84. The molecule has 2 rings (SSSR count). The summed E-state index contributed by atoms with van der Waals surface area (Å²) in [6, 6.07) is 7.19. The Kier molecular flexibility index (Phi) is 3.37. The highest BCUT2D eigenvalue weighted by atomic mass is 16.6. The van der Waals surface area contributed by atoms with Crippen LogP contribution in [0.25, 0.3) is 0 Å². The third kappa shape index (κ3) is 2.35. The van der Waals surface area contributed by atoms with Crippen molar-refractivity contribution in [1.82, 2.24) is 9.78 Å². The van der Waals surface area contributed by atoms with Gasteiger partial charge in [-0.2, -0.15) is 5.10 Å². The Morgan fingerprint density at radius 3 is 2.53 bits per heavy atom. The number of benzene rings is 1. The maximum Gasteiger partial charge on any atom is 0.330 e. The number of methoxy groups -OCH3 is 1. The molecular weight excluding hydrogens is 248 g/mol. The Labute approximate surface area is 109 Å². The summed E-state index contributed by atoms with van der Waals surface area (Å²) in [5, 5.41) is 14.7. The van der Waals surface area contributed by atoms with E-state index in [1.807, 2.05) is 31.2 Å². The van der Waals surface area contributed by atoms with Gasteiger partial charge in [0, 0.05) is 0 Å². The Morgan fingerprint density at radius 2 is 2.05 bits per heavy atom. The van der Waals surface area contributed by atoms with Gasteiger partial charge in [0.2, 0.25) is 5.82 Å². The van der Waals surface area contributed by atoms with Gasteiger partial charge in [0.15, 0.2) is 0 Å². The SMILES string of the molecule is COc1ccc(C(C)n2ncc([N+](=O)[O-])c2N)cc1. The van der Waals surface area contributed by atoms with E-state index in [-0.39, 0.29) is 17.5 Å². The first kappa shape index (κ1) is 12.9. The fraction of sp³-hybridized carbons (Fsp3) is 0.250.